The number of benzene rings is 1. The molecular formula is C10H11O2-. The molecule has 1 aromatic rings. The second-order valence-corrected chi connectivity index (χ2v) is 2.23. The number of aldehydes is 1. The molecule has 0 aromatic heterocycles. The summed E-state index contributed by atoms with van der Waals surface area (Å²) in [4.78, 5) is 10.0. The third kappa shape index (κ3) is 6.55. The second-order valence-electron chi connectivity index (χ2n) is 2.23. The van der Waals surface area contributed by atoms with Gasteiger partial charge >= 0.3 is 0 Å². The smallest absolute Gasteiger partial charge is 0.150 e. The number of allylic oxidation sites excluding steroid dienone is 1. The van der Waals surface area contributed by atoms with Crippen molar-refractivity contribution in [2.75, 3.05) is 0 Å². The van der Waals surface area contributed by atoms with E-state index in [4.69, 9.17) is 0 Å². The third-order valence-electron chi connectivity index (χ3n) is 0.936. The molecule has 0 atom stereocenters. The Bertz CT molecular complexity index is 235. The molecule has 0 heterocycles. The first-order chi connectivity index (χ1) is 5.66. The molecule has 0 bridgehead atoms. The lowest BCUT2D eigenvalue weighted by atomic mass is 10.2. The van der Waals surface area contributed by atoms with Crippen molar-refractivity contribution in [3.8, 4) is 0 Å². The van der Waals surface area contributed by atoms with Gasteiger partial charge in [0, 0.05) is 5.56 Å². The molecule has 64 valence electrons. The Morgan fingerprint density at radius 3 is 2.08 bits per heavy atom. The Hall–Kier alpha value is -1.57. The summed E-state index contributed by atoms with van der Waals surface area (Å²) in [5.74, 6) is -0.0833. The zero-order valence-corrected chi connectivity index (χ0v) is 6.99. The average Bonchev–Trinajstić information content (AvgIpc) is 2.05. The van der Waals surface area contributed by atoms with Crippen LogP contribution >= 0.6 is 0 Å². The van der Waals surface area contributed by atoms with Gasteiger partial charge in [0.25, 0.3) is 0 Å². The van der Waals surface area contributed by atoms with Crippen LogP contribution in [0.1, 0.15) is 17.3 Å². The Kier molecular flexibility index (Phi) is 5.35. The molecule has 1 rings (SSSR count). The number of hydrogen-bond acceptors (Lipinski definition) is 2. The normalized spacial score (nSPS) is 7.75. The van der Waals surface area contributed by atoms with Gasteiger partial charge in [0.1, 0.15) is 6.29 Å². The quantitative estimate of drug-likeness (QED) is 0.463. The lowest BCUT2D eigenvalue weighted by Gasteiger charge is -1.92. The van der Waals surface area contributed by atoms with Gasteiger partial charge in [0.15, 0.2) is 0 Å². The van der Waals surface area contributed by atoms with E-state index in [2.05, 4.69) is 6.58 Å². The van der Waals surface area contributed by atoms with Crippen molar-refractivity contribution in [2.45, 2.75) is 6.92 Å². The fourth-order valence-corrected chi connectivity index (χ4v) is 0.532. The first kappa shape index (κ1) is 10.4. The van der Waals surface area contributed by atoms with E-state index in [0.717, 1.165) is 11.8 Å². The van der Waals surface area contributed by atoms with Crippen molar-refractivity contribution in [1.29, 1.82) is 0 Å². The van der Waals surface area contributed by atoms with Crippen LogP contribution in [0, 0.1) is 0 Å². The largest absolute Gasteiger partial charge is 0.876 e. The number of hydrogen-bond donors (Lipinski definition) is 0. The van der Waals surface area contributed by atoms with Crippen LogP contribution in [0.15, 0.2) is 42.7 Å². The maximum absolute atomic E-state index is 10.0. The molecule has 1 aromatic carbocycles. The van der Waals surface area contributed by atoms with Crippen LogP contribution < -0.4 is 5.11 Å². The van der Waals surface area contributed by atoms with Crippen LogP contribution in [0.5, 0.6) is 0 Å². The predicted molar refractivity (Wildman–Crippen MR) is 46.6 cm³/mol. The molecule has 0 aliphatic carbocycles. The highest BCUT2D eigenvalue weighted by atomic mass is 16.3. The highest BCUT2D eigenvalue weighted by molar-refractivity contribution is 5.74. The molecule has 2 heteroatoms. The minimum Gasteiger partial charge on any atom is -0.876 e. The van der Waals surface area contributed by atoms with Gasteiger partial charge in [0.05, 0.1) is 0 Å². The minimum atomic E-state index is -0.0833. The van der Waals surface area contributed by atoms with E-state index < -0.39 is 0 Å². The van der Waals surface area contributed by atoms with E-state index in [9.17, 15) is 9.90 Å². The zero-order chi connectivity index (χ0) is 9.40. The molecule has 0 N–H and O–H groups in total. The summed E-state index contributed by atoms with van der Waals surface area (Å²) in [7, 11) is 0. The molecule has 0 aliphatic heterocycles. The van der Waals surface area contributed by atoms with Gasteiger partial charge < -0.3 is 5.11 Å². The highest BCUT2D eigenvalue weighted by Gasteiger charge is 1.79. The monoisotopic (exact) mass is 163 g/mol. The summed E-state index contributed by atoms with van der Waals surface area (Å²) >= 11 is 0. The second kappa shape index (κ2) is 6.16. The molecule has 2 nitrogen and oxygen atoms in total. The summed E-state index contributed by atoms with van der Waals surface area (Å²) in [5, 5.41) is 9.33. The Morgan fingerprint density at radius 1 is 1.42 bits per heavy atom. The summed E-state index contributed by atoms with van der Waals surface area (Å²) in [5.41, 5.74) is 0.729. The fourth-order valence-electron chi connectivity index (χ4n) is 0.532. The Balaban J connectivity index is 0.000000261. The standard InChI is InChI=1S/C7H6O.C3H6O/c8-6-7-4-2-1-3-5-7;1-3(2)4/h1-6H;4H,1H2,2H3/p-1. The Morgan fingerprint density at radius 2 is 1.83 bits per heavy atom. The van der Waals surface area contributed by atoms with Crippen molar-refractivity contribution >= 4 is 6.29 Å². The van der Waals surface area contributed by atoms with Crippen molar-refractivity contribution in [2.24, 2.45) is 0 Å². The van der Waals surface area contributed by atoms with E-state index in [0.29, 0.717) is 0 Å². The lowest BCUT2D eigenvalue weighted by Crippen LogP contribution is -1.92. The number of rotatable bonds is 1. The number of carbonyl (C=O) groups excluding carboxylic acids is 1. The first-order valence-electron chi connectivity index (χ1n) is 3.49. The third-order valence-corrected chi connectivity index (χ3v) is 0.936. The molecule has 0 fully saturated rings. The van der Waals surface area contributed by atoms with Crippen LogP contribution in [-0.4, -0.2) is 6.29 Å². The highest BCUT2D eigenvalue weighted by Crippen LogP contribution is 1.91. The summed E-state index contributed by atoms with van der Waals surface area (Å²) in [6, 6.07) is 9.10. The molecular weight excluding hydrogens is 152 g/mol. The van der Waals surface area contributed by atoms with Crippen LogP contribution in [0.4, 0.5) is 0 Å². The lowest BCUT2D eigenvalue weighted by molar-refractivity contribution is -0.300. The van der Waals surface area contributed by atoms with Crippen LogP contribution in [0.25, 0.3) is 0 Å². The summed E-state index contributed by atoms with van der Waals surface area (Å²) < 4.78 is 0. The molecule has 0 unspecified atom stereocenters. The SMILES string of the molecule is C=C(C)[O-].O=Cc1ccccc1. The molecule has 0 saturated carbocycles. The van der Waals surface area contributed by atoms with Crippen molar-refractivity contribution in [3.63, 3.8) is 0 Å². The van der Waals surface area contributed by atoms with Gasteiger partial charge in [-0.15, -0.1) is 12.3 Å². The maximum Gasteiger partial charge on any atom is 0.150 e. The van der Waals surface area contributed by atoms with E-state index >= 15 is 0 Å². The van der Waals surface area contributed by atoms with Crippen molar-refractivity contribution in [3.05, 3.63) is 48.2 Å². The van der Waals surface area contributed by atoms with E-state index in [1.54, 1.807) is 12.1 Å². The maximum atomic E-state index is 10.0. The van der Waals surface area contributed by atoms with Crippen LogP contribution in [0.2, 0.25) is 0 Å². The van der Waals surface area contributed by atoms with E-state index in [-0.39, 0.29) is 5.76 Å². The molecule has 0 radical (unpaired) electrons. The molecule has 12 heavy (non-hydrogen) atoms. The summed E-state index contributed by atoms with van der Waals surface area (Å²) in [6.07, 6.45) is 0.833. The fraction of sp³-hybridized carbons (Fsp3) is 0.100. The molecule has 0 amide bonds. The average molecular weight is 163 g/mol. The van der Waals surface area contributed by atoms with Gasteiger partial charge in [0.2, 0.25) is 0 Å². The van der Waals surface area contributed by atoms with Crippen LogP contribution in [0.3, 0.4) is 0 Å². The van der Waals surface area contributed by atoms with Crippen molar-refractivity contribution < 1.29 is 9.90 Å². The molecule has 0 saturated heterocycles. The van der Waals surface area contributed by atoms with Gasteiger partial charge in [-0.1, -0.05) is 37.3 Å². The molecule has 0 spiro atoms. The van der Waals surface area contributed by atoms with Gasteiger partial charge in [-0.25, -0.2) is 0 Å². The van der Waals surface area contributed by atoms with Gasteiger partial charge in [-0.2, -0.15) is 0 Å². The first-order valence-corrected chi connectivity index (χ1v) is 3.49. The van der Waals surface area contributed by atoms with Gasteiger partial charge in [-0.3, -0.25) is 4.79 Å². The topological polar surface area (TPSA) is 40.1 Å². The summed E-state index contributed by atoms with van der Waals surface area (Å²) in [6.45, 7) is 4.42. The van der Waals surface area contributed by atoms with E-state index in [1.165, 1.54) is 6.92 Å². The van der Waals surface area contributed by atoms with Crippen LogP contribution in [-0.2, 0) is 0 Å². The minimum absolute atomic E-state index is 0.0833. The predicted octanol–water partition coefficient (Wildman–Crippen LogP) is 1.38. The van der Waals surface area contributed by atoms with Gasteiger partial charge in [-0.05, 0) is 0 Å². The van der Waals surface area contributed by atoms with E-state index in [1.807, 2.05) is 18.2 Å². The van der Waals surface area contributed by atoms with Crippen molar-refractivity contribution in [1.82, 2.24) is 0 Å². The zero-order valence-electron chi connectivity index (χ0n) is 6.99. The Labute approximate surface area is 72.2 Å². The number of carbonyl (C=O) groups is 1. The molecule has 0 aliphatic rings.